The van der Waals surface area contributed by atoms with E-state index in [1.807, 2.05) is 30.3 Å². The van der Waals surface area contributed by atoms with Crippen LogP contribution in [0.2, 0.25) is 0 Å². The van der Waals surface area contributed by atoms with Crippen LogP contribution in [-0.4, -0.2) is 46.0 Å². The van der Waals surface area contributed by atoms with E-state index < -0.39 is 16.1 Å². The average Bonchev–Trinajstić information content (AvgIpc) is 2.65. The first-order valence-corrected chi connectivity index (χ1v) is 11.3. The van der Waals surface area contributed by atoms with E-state index in [0.717, 1.165) is 16.9 Å². The number of hydrogen-bond acceptors (Lipinski definition) is 5. The predicted molar refractivity (Wildman–Crippen MR) is 110 cm³/mol. The molecule has 1 atom stereocenters. The topological polar surface area (TPSA) is 75.7 Å². The molecule has 146 valence electrons. The Bertz CT molecular complexity index is 840. The summed E-state index contributed by atoms with van der Waals surface area (Å²) in [6.07, 6.45) is 0.491. The Morgan fingerprint density at radius 1 is 1.15 bits per heavy atom. The number of carbonyl (C=O) groups is 1. The summed E-state index contributed by atoms with van der Waals surface area (Å²) < 4.78 is 29.9. The highest BCUT2D eigenvalue weighted by molar-refractivity contribution is 7.99. The van der Waals surface area contributed by atoms with Crippen LogP contribution in [0.3, 0.4) is 0 Å². The van der Waals surface area contributed by atoms with E-state index in [4.69, 9.17) is 4.74 Å². The summed E-state index contributed by atoms with van der Waals surface area (Å²) in [6.45, 7) is 2.22. The van der Waals surface area contributed by atoms with E-state index in [1.54, 1.807) is 43.0 Å². The van der Waals surface area contributed by atoms with Gasteiger partial charge in [-0.2, -0.15) is 0 Å². The van der Waals surface area contributed by atoms with Crippen LogP contribution in [0.15, 0.2) is 59.5 Å². The van der Waals surface area contributed by atoms with E-state index in [2.05, 4.69) is 5.32 Å². The van der Waals surface area contributed by atoms with Gasteiger partial charge in [0.1, 0.15) is 5.75 Å². The van der Waals surface area contributed by atoms with Crippen molar-refractivity contribution >= 4 is 33.4 Å². The molecule has 1 N–H and O–H groups in total. The van der Waals surface area contributed by atoms with E-state index in [-0.39, 0.29) is 5.91 Å². The van der Waals surface area contributed by atoms with Gasteiger partial charge in [0, 0.05) is 24.2 Å². The molecule has 0 unspecified atom stereocenters. The SMILES string of the molecule is C[C@H](Oc1ccc(N(C)S(C)(=O)=O)cc1)C(=O)NCCSc1ccccc1. The molecule has 0 radical (unpaired) electrons. The van der Waals surface area contributed by atoms with Gasteiger partial charge in [0.15, 0.2) is 6.10 Å². The fourth-order valence-corrected chi connectivity index (χ4v) is 3.48. The van der Waals surface area contributed by atoms with Gasteiger partial charge in [0.25, 0.3) is 5.91 Å². The predicted octanol–water partition coefficient (Wildman–Crippen LogP) is 2.76. The van der Waals surface area contributed by atoms with Crippen LogP contribution in [0.5, 0.6) is 5.75 Å². The summed E-state index contributed by atoms with van der Waals surface area (Å²) in [4.78, 5) is 13.3. The first kappa shape index (κ1) is 21.1. The number of rotatable bonds is 9. The second-order valence-corrected chi connectivity index (χ2v) is 9.12. The fraction of sp³-hybridized carbons (Fsp3) is 0.316. The van der Waals surface area contributed by atoms with Crippen molar-refractivity contribution in [2.24, 2.45) is 0 Å². The molecule has 0 aliphatic carbocycles. The highest BCUT2D eigenvalue weighted by Gasteiger charge is 2.15. The maximum absolute atomic E-state index is 12.1. The van der Waals surface area contributed by atoms with Crippen LogP contribution in [0.4, 0.5) is 5.69 Å². The lowest BCUT2D eigenvalue weighted by atomic mass is 10.3. The van der Waals surface area contributed by atoms with Crippen molar-refractivity contribution < 1.29 is 17.9 Å². The third-order valence-corrected chi connectivity index (χ3v) is 6.01. The molecular formula is C19H24N2O4S2. The van der Waals surface area contributed by atoms with Crippen LogP contribution in [0, 0.1) is 0 Å². The molecule has 0 aliphatic heterocycles. The number of thioether (sulfide) groups is 1. The quantitative estimate of drug-likeness (QED) is 0.510. The summed E-state index contributed by atoms with van der Waals surface area (Å²) in [5.74, 6) is 1.08. The minimum atomic E-state index is -3.31. The maximum Gasteiger partial charge on any atom is 0.260 e. The van der Waals surface area contributed by atoms with Crippen LogP contribution < -0.4 is 14.4 Å². The number of benzene rings is 2. The van der Waals surface area contributed by atoms with Gasteiger partial charge in [0.05, 0.1) is 11.9 Å². The summed E-state index contributed by atoms with van der Waals surface area (Å²) in [5, 5.41) is 2.85. The monoisotopic (exact) mass is 408 g/mol. The van der Waals surface area contributed by atoms with E-state index >= 15 is 0 Å². The summed E-state index contributed by atoms with van der Waals surface area (Å²) in [5.41, 5.74) is 0.528. The molecule has 0 saturated carbocycles. The molecule has 8 heteroatoms. The molecule has 6 nitrogen and oxygen atoms in total. The molecule has 0 fully saturated rings. The number of anilines is 1. The van der Waals surface area contributed by atoms with Gasteiger partial charge in [0.2, 0.25) is 10.0 Å². The normalized spacial score (nSPS) is 12.3. The summed E-state index contributed by atoms with van der Waals surface area (Å²) in [6, 6.07) is 16.6. The molecule has 0 bridgehead atoms. The Morgan fingerprint density at radius 2 is 1.78 bits per heavy atom. The number of carbonyl (C=O) groups excluding carboxylic acids is 1. The van der Waals surface area contributed by atoms with Crippen molar-refractivity contribution in [3.8, 4) is 5.75 Å². The molecule has 1 amide bonds. The van der Waals surface area contributed by atoms with Crippen molar-refractivity contribution in [3.05, 3.63) is 54.6 Å². The van der Waals surface area contributed by atoms with Crippen molar-refractivity contribution in [2.75, 3.05) is 29.9 Å². The Labute approximate surface area is 165 Å². The second-order valence-electron chi connectivity index (χ2n) is 5.94. The van der Waals surface area contributed by atoms with Crippen LogP contribution in [0.1, 0.15) is 6.92 Å². The Morgan fingerprint density at radius 3 is 2.37 bits per heavy atom. The first-order valence-electron chi connectivity index (χ1n) is 8.43. The van der Waals surface area contributed by atoms with Crippen LogP contribution in [-0.2, 0) is 14.8 Å². The minimum Gasteiger partial charge on any atom is -0.481 e. The minimum absolute atomic E-state index is 0.194. The lowest BCUT2D eigenvalue weighted by Gasteiger charge is -2.18. The Hall–Kier alpha value is -2.19. The lowest BCUT2D eigenvalue weighted by Crippen LogP contribution is -2.37. The molecule has 0 spiro atoms. The molecule has 0 aliphatic rings. The molecule has 0 heterocycles. The zero-order chi connectivity index (χ0) is 19.9. The first-order chi connectivity index (χ1) is 12.8. The molecule has 2 rings (SSSR count). The van der Waals surface area contributed by atoms with Crippen molar-refractivity contribution in [3.63, 3.8) is 0 Å². The summed E-state index contributed by atoms with van der Waals surface area (Å²) >= 11 is 1.68. The standard InChI is InChI=1S/C19H24N2O4S2/c1-15(19(22)20-13-14-26-18-7-5-4-6-8-18)25-17-11-9-16(10-12-17)21(2)27(3,23)24/h4-12,15H,13-14H2,1-3H3,(H,20,22)/t15-/m0/s1. The molecule has 27 heavy (non-hydrogen) atoms. The Balaban J connectivity index is 1.78. The van der Waals surface area contributed by atoms with Gasteiger partial charge >= 0.3 is 0 Å². The molecule has 0 aromatic heterocycles. The number of nitrogens with zero attached hydrogens (tertiary/aromatic N) is 1. The highest BCUT2D eigenvalue weighted by atomic mass is 32.2. The zero-order valence-electron chi connectivity index (χ0n) is 15.6. The number of nitrogens with one attached hydrogen (secondary N) is 1. The Kier molecular flexibility index (Phi) is 7.55. The molecular weight excluding hydrogens is 384 g/mol. The van der Waals surface area contributed by atoms with E-state index in [1.165, 1.54) is 11.4 Å². The van der Waals surface area contributed by atoms with Gasteiger partial charge in [-0.05, 0) is 43.3 Å². The number of sulfonamides is 1. The third kappa shape index (κ3) is 6.80. The van der Waals surface area contributed by atoms with Crippen molar-refractivity contribution in [1.82, 2.24) is 5.32 Å². The fourth-order valence-electron chi connectivity index (χ4n) is 2.19. The van der Waals surface area contributed by atoms with Crippen LogP contribution >= 0.6 is 11.8 Å². The zero-order valence-corrected chi connectivity index (χ0v) is 17.2. The molecule has 2 aromatic rings. The highest BCUT2D eigenvalue weighted by Crippen LogP contribution is 2.21. The number of hydrogen-bond donors (Lipinski definition) is 1. The van der Waals surface area contributed by atoms with Gasteiger partial charge in [-0.15, -0.1) is 11.8 Å². The van der Waals surface area contributed by atoms with Crippen molar-refractivity contribution in [2.45, 2.75) is 17.9 Å². The van der Waals surface area contributed by atoms with Crippen LogP contribution in [0.25, 0.3) is 0 Å². The smallest absolute Gasteiger partial charge is 0.260 e. The van der Waals surface area contributed by atoms with Gasteiger partial charge in [-0.1, -0.05) is 18.2 Å². The van der Waals surface area contributed by atoms with Crippen molar-refractivity contribution in [1.29, 1.82) is 0 Å². The van der Waals surface area contributed by atoms with E-state index in [9.17, 15) is 13.2 Å². The van der Waals surface area contributed by atoms with E-state index in [0.29, 0.717) is 18.0 Å². The maximum atomic E-state index is 12.1. The average molecular weight is 409 g/mol. The summed E-state index contributed by atoms with van der Waals surface area (Å²) in [7, 11) is -1.83. The largest absolute Gasteiger partial charge is 0.481 e. The third-order valence-electron chi connectivity index (χ3n) is 3.79. The van der Waals surface area contributed by atoms with Gasteiger partial charge in [-0.25, -0.2) is 8.42 Å². The second kappa shape index (κ2) is 9.66. The lowest BCUT2D eigenvalue weighted by molar-refractivity contribution is -0.127. The number of ether oxygens (including phenoxy) is 1. The number of amides is 1. The molecule has 0 saturated heterocycles. The van der Waals surface area contributed by atoms with Gasteiger partial charge < -0.3 is 10.1 Å². The molecule has 2 aromatic carbocycles. The van der Waals surface area contributed by atoms with Gasteiger partial charge in [-0.3, -0.25) is 9.10 Å².